The van der Waals surface area contributed by atoms with Gasteiger partial charge in [0.15, 0.2) is 5.78 Å². The summed E-state index contributed by atoms with van der Waals surface area (Å²) in [6.45, 7) is 3.44. The monoisotopic (exact) mass is 260 g/mol. The van der Waals surface area contributed by atoms with Crippen LogP contribution < -0.4 is 5.32 Å². The van der Waals surface area contributed by atoms with Gasteiger partial charge >= 0.3 is 0 Å². The first-order valence-corrected chi connectivity index (χ1v) is 6.66. The third-order valence-electron chi connectivity index (χ3n) is 3.58. The number of piperidine rings is 1. The van der Waals surface area contributed by atoms with Crippen LogP contribution >= 0.6 is 0 Å². The second-order valence-corrected chi connectivity index (χ2v) is 5.20. The van der Waals surface area contributed by atoms with Gasteiger partial charge in [0.1, 0.15) is 0 Å². The van der Waals surface area contributed by atoms with E-state index < -0.39 is 0 Å². The smallest absolute Gasteiger partial charge is 0.221 e. The van der Waals surface area contributed by atoms with Crippen molar-refractivity contribution in [2.45, 2.75) is 19.8 Å². The van der Waals surface area contributed by atoms with Crippen LogP contribution in [-0.4, -0.2) is 36.7 Å². The molecule has 1 amide bonds. The molecule has 0 radical (unpaired) electrons. The minimum absolute atomic E-state index is 0.102. The minimum Gasteiger partial charge on any atom is -0.326 e. The molecule has 0 saturated carbocycles. The van der Waals surface area contributed by atoms with Crippen molar-refractivity contribution in [3.05, 3.63) is 29.8 Å². The number of benzene rings is 1. The van der Waals surface area contributed by atoms with Crippen LogP contribution in [0.5, 0.6) is 0 Å². The number of carbonyl (C=O) groups excluding carboxylic acids is 2. The van der Waals surface area contributed by atoms with Crippen LogP contribution in [0.1, 0.15) is 30.1 Å². The zero-order chi connectivity index (χ0) is 13.8. The Balaban J connectivity index is 2.01. The highest BCUT2D eigenvalue weighted by molar-refractivity contribution is 5.98. The molecule has 1 aromatic rings. The summed E-state index contributed by atoms with van der Waals surface area (Å²) in [6.07, 6.45) is 1.87. The molecular weight excluding hydrogens is 240 g/mol. The van der Waals surface area contributed by atoms with Crippen molar-refractivity contribution in [2.75, 3.05) is 25.5 Å². The summed E-state index contributed by atoms with van der Waals surface area (Å²) < 4.78 is 0. The molecule has 1 aliphatic rings. The highest BCUT2D eigenvalue weighted by Gasteiger charge is 2.24. The number of rotatable bonds is 3. The Kier molecular flexibility index (Phi) is 4.32. The first-order chi connectivity index (χ1) is 9.06. The van der Waals surface area contributed by atoms with Crippen LogP contribution in [0.15, 0.2) is 24.3 Å². The molecule has 1 heterocycles. The molecule has 0 bridgehead atoms. The van der Waals surface area contributed by atoms with Crippen LogP contribution in [0.3, 0.4) is 0 Å². The highest BCUT2D eigenvalue weighted by atomic mass is 16.1. The van der Waals surface area contributed by atoms with Gasteiger partial charge in [-0.3, -0.25) is 9.59 Å². The summed E-state index contributed by atoms with van der Waals surface area (Å²) >= 11 is 0. The molecule has 0 atom stereocenters. The fraction of sp³-hybridized carbons (Fsp3) is 0.467. The predicted octanol–water partition coefficient (Wildman–Crippen LogP) is 2.17. The number of amides is 1. The fourth-order valence-electron chi connectivity index (χ4n) is 2.43. The maximum absolute atomic E-state index is 12.3. The molecule has 19 heavy (non-hydrogen) atoms. The van der Waals surface area contributed by atoms with Crippen LogP contribution in [0.2, 0.25) is 0 Å². The van der Waals surface area contributed by atoms with Gasteiger partial charge in [0.25, 0.3) is 0 Å². The van der Waals surface area contributed by atoms with E-state index in [1.54, 1.807) is 24.3 Å². The maximum atomic E-state index is 12.3. The summed E-state index contributed by atoms with van der Waals surface area (Å²) in [4.78, 5) is 25.5. The van der Waals surface area contributed by atoms with E-state index in [1.165, 1.54) is 6.92 Å². The predicted molar refractivity (Wildman–Crippen MR) is 75.3 cm³/mol. The van der Waals surface area contributed by atoms with Crippen LogP contribution in [0, 0.1) is 5.92 Å². The molecule has 0 aliphatic carbocycles. The number of hydrogen-bond acceptors (Lipinski definition) is 3. The summed E-state index contributed by atoms with van der Waals surface area (Å²) in [5.74, 6) is 0.264. The highest BCUT2D eigenvalue weighted by Crippen LogP contribution is 2.21. The van der Waals surface area contributed by atoms with E-state index in [1.807, 2.05) is 0 Å². The van der Waals surface area contributed by atoms with Gasteiger partial charge < -0.3 is 10.2 Å². The molecule has 1 N–H and O–H groups in total. The fourth-order valence-corrected chi connectivity index (χ4v) is 2.43. The lowest BCUT2D eigenvalue weighted by Gasteiger charge is -2.28. The van der Waals surface area contributed by atoms with E-state index in [9.17, 15) is 9.59 Å². The van der Waals surface area contributed by atoms with Crippen LogP contribution in [-0.2, 0) is 4.79 Å². The van der Waals surface area contributed by atoms with Gasteiger partial charge in [-0.2, -0.15) is 0 Å². The van der Waals surface area contributed by atoms with Crippen molar-refractivity contribution in [3.63, 3.8) is 0 Å². The van der Waals surface area contributed by atoms with Gasteiger partial charge in [0.05, 0.1) is 0 Å². The van der Waals surface area contributed by atoms with E-state index in [2.05, 4.69) is 17.3 Å². The minimum atomic E-state index is -0.102. The Bertz CT molecular complexity index is 460. The maximum Gasteiger partial charge on any atom is 0.221 e. The van der Waals surface area contributed by atoms with Gasteiger partial charge in [0.2, 0.25) is 5.91 Å². The molecule has 2 rings (SSSR count). The summed E-state index contributed by atoms with van der Waals surface area (Å²) in [6, 6.07) is 7.16. The third-order valence-corrected chi connectivity index (χ3v) is 3.58. The summed E-state index contributed by atoms with van der Waals surface area (Å²) in [5.41, 5.74) is 1.47. The van der Waals surface area contributed by atoms with Crippen molar-refractivity contribution in [1.82, 2.24) is 4.90 Å². The van der Waals surface area contributed by atoms with E-state index in [4.69, 9.17) is 0 Å². The number of nitrogens with zero attached hydrogens (tertiary/aromatic N) is 1. The lowest BCUT2D eigenvalue weighted by atomic mass is 9.89. The van der Waals surface area contributed by atoms with E-state index in [0.29, 0.717) is 0 Å². The number of hydrogen-bond donors (Lipinski definition) is 1. The Morgan fingerprint density at radius 3 is 2.26 bits per heavy atom. The lowest BCUT2D eigenvalue weighted by molar-refractivity contribution is -0.114. The number of likely N-dealkylation sites (tertiary alicyclic amines) is 1. The number of Topliss-reactive ketones (excluding diaryl/α,β-unsaturated/α-hetero) is 1. The second kappa shape index (κ2) is 5.97. The van der Waals surface area contributed by atoms with Crippen molar-refractivity contribution in [1.29, 1.82) is 0 Å². The van der Waals surface area contributed by atoms with Gasteiger partial charge in [-0.05, 0) is 57.2 Å². The number of nitrogens with one attached hydrogen (secondary N) is 1. The van der Waals surface area contributed by atoms with Crippen LogP contribution in [0.25, 0.3) is 0 Å². The summed E-state index contributed by atoms with van der Waals surface area (Å²) in [7, 11) is 2.09. The molecule has 0 unspecified atom stereocenters. The average Bonchev–Trinajstić information content (AvgIpc) is 2.39. The molecule has 0 aromatic heterocycles. The van der Waals surface area contributed by atoms with Crippen molar-refractivity contribution in [2.24, 2.45) is 5.92 Å². The van der Waals surface area contributed by atoms with E-state index in [0.717, 1.165) is 37.2 Å². The average molecular weight is 260 g/mol. The molecule has 0 spiro atoms. The topological polar surface area (TPSA) is 49.4 Å². The largest absolute Gasteiger partial charge is 0.326 e. The molecular formula is C15H20N2O2. The first kappa shape index (κ1) is 13.7. The van der Waals surface area contributed by atoms with Crippen molar-refractivity contribution >= 4 is 17.4 Å². The molecule has 1 aliphatic heterocycles. The van der Waals surface area contributed by atoms with Gasteiger partial charge in [-0.15, -0.1) is 0 Å². The Morgan fingerprint density at radius 2 is 1.74 bits per heavy atom. The normalized spacial score (nSPS) is 17.2. The lowest BCUT2D eigenvalue weighted by Crippen LogP contribution is -2.33. The Labute approximate surface area is 113 Å². The van der Waals surface area contributed by atoms with E-state index in [-0.39, 0.29) is 17.6 Å². The quantitative estimate of drug-likeness (QED) is 0.847. The van der Waals surface area contributed by atoms with Crippen molar-refractivity contribution < 1.29 is 9.59 Å². The Morgan fingerprint density at radius 1 is 1.16 bits per heavy atom. The number of anilines is 1. The molecule has 4 heteroatoms. The standard InChI is InChI=1S/C15H20N2O2/c1-11(18)16-14-5-3-12(4-6-14)15(19)13-7-9-17(2)10-8-13/h3-6,13H,7-10H2,1-2H3,(H,16,18). The third kappa shape index (κ3) is 3.64. The van der Waals surface area contributed by atoms with E-state index >= 15 is 0 Å². The number of ketones is 1. The Hall–Kier alpha value is -1.68. The van der Waals surface area contributed by atoms with Gasteiger partial charge in [0, 0.05) is 24.1 Å². The SMILES string of the molecule is CC(=O)Nc1ccc(C(=O)C2CCN(C)CC2)cc1. The summed E-state index contributed by atoms with van der Waals surface area (Å²) in [5, 5.41) is 2.70. The second-order valence-electron chi connectivity index (χ2n) is 5.20. The molecule has 1 saturated heterocycles. The first-order valence-electron chi connectivity index (χ1n) is 6.66. The van der Waals surface area contributed by atoms with Crippen LogP contribution in [0.4, 0.5) is 5.69 Å². The van der Waals surface area contributed by atoms with Gasteiger partial charge in [-0.1, -0.05) is 0 Å². The van der Waals surface area contributed by atoms with Crippen molar-refractivity contribution in [3.8, 4) is 0 Å². The van der Waals surface area contributed by atoms with Gasteiger partial charge in [-0.25, -0.2) is 0 Å². The zero-order valence-electron chi connectivity index (χ0n) is 11.5. The molecule has 4 nitrogen and oxygen atoms in total. The zero-order valence-corrected chi connectivity index (χ0v) is 11.5. The number of carbonyl (C=O) groups is 2. The molecule has 1 fully saturated rings. The molecule has 102 valence electrons. The molecule has 1 aromatic carbocycles.